The number of hydrogen-bond acceptors (Lipinski definition) is 2. The number of nitrogens with one attached hydrogen (secondary N) is 1. The molecule has 0 unspecified atom stereocenters. The molecule has 0 radical (unpaired) electrons. The molecule has 1 aromatic rings. The Morgan fingerprint density at radius 2 is 1.94 bits per heavy atom. The van der Waals surface area contributed by atoms with Crippen LogP contribution in [0.1, 0.15) is 49.9 Å². The van der Waals surface area contributed by atoms with Crippen LogP contribution in [0.3, 0.4) is 0 Å². The summed E-state index contributed by atoms with van der Waals surface area (Å²) in [6.45, 7) is 16.5. The zero-order valence-corrected chi connectivity index (χ0v) is 13.7. The Morgan fingerprint density at radius 1 is 1.33 bits per heavy atom. The molecule has 1 heterocycles. The molecule has 0 amide bonds. The van der Waals surface area contributed by atoms with E-state index in [4.69, 9.17) is 0 Å². The fraction of sp³-hybridized carbons (Fsp3) is 0.625. The van der Waals surface area contributed by atoms with Crippen LogP contribution in [-0.4, -0.2) is 12.1 Å². The van der Waals surface area contributed by atoms with Crippen molar-refractivity contribution in [2.45, 2.75) is 54.0 Å². The van der Waals surface area contributed by atoms with Gasteiger partial charge >= 0.3 is 0 Å². The molecule has 0 saturated heterocycles. The van der Waals surface area contributed by atoms with Gasteiger partial charge in [-0.25, -0.2) is 0 Å². The molecule has 0 aliphatic rings. The summed E-state index contributed by atoms with van der Waals surface area (Å²) in [6, 6.07) is 2.29. The van der Waals surface area contributed by atoms with Crippen LogP contribution >= 0.6 is 11.3 Å². The molecule has 1 aromatic heterocycles. The van der Waals surface area contributed by atoms with E-state index < -0.39 is 0 Å². The highest BCUT2D eigenvalue weighted by Gasteiger charge is 2.12. The van der Waals surface area contributed by atoms with Gasteiger partial charge in [-0.2, -0.15) is 0 Å². The number of rotatable bonds is 4. The summed E-state index contributed by atoms with van der Waals surface area (Å²) in [4.78, 5) is 2.81. The summed E-state index contributed by atoms with van der Waals surface area (Å²) >= 11 is 1.88. The normalized spacial score (nSPS) is 13.4. The molecule has 1 rings (SSSR count). The number of aryl methyl sites for hydroxylation is 2. The maximum Gasteiger partial charge on any atom is 0.0175 e. The van der Waals surface area contributed by atoms with Gasteiger partial charge in [0.15, 0.2) is 0 Å². The molecule has 0 saturated carbocycles. The van der Waals surface area contributed by atoms with Crippen molar-refractivity contribution in [1.29, 1.82) is 0 Å². The number of hydrogen-bond donors (Lipinski definition) is 1. The Bertz CT molecular complexity index is 419. The minimum absolute atomic E-state index is 0.174. The highest BCUT2D eigenvalue weighted by atomic mass is 32.1. The zero-order chi connectivity index (χ0) is 13.9. The summed E-state index contributed by atoms with van der Waals surface area (Å²) in [5, 5.41) is 3.58. The summed E-state index contributed by atoms with van der Waals surface area (Å²) < 4.78 is 0. The van der Waals surface area contributed by atoms with E-state index >= 15 is 0 Å². The van der Waals surface area contributed by atoms with E-state index in [0.29, 0.717) is 5.92 Å². The highest BCUT2D eigenvalue weighted by Crippen LogP contribution is 2.24. The van der Waals surface area contributed by atoms with Gasteiger partial charge in [0, 0.05) is 21.8 Å². The molecule has 0 aromatic carbocycles. The van der Waals surface area contributed by atoms with Crippen LogP contribution < -0.4 is 5.32 Å². The van der Waals surface area contributed by atoms with Crippen LogP contribution in [0.2, 0.25) is 0 Å². The molecule has 18 heavy (non-hydrogen) atoms. The second-order valence-electron chi connectivity index (χ2n) is 6.35. The van der Waals surface area contributed by atoms with Crippen molar-refractivity contribution in [1.82, 2.24) is 5.32 Å². The third-order valence-corrected chi connectivity index (χ3v) is 3.97. The van der Waals surface area contributed by atoms with Crippen LogP contribution in [-0.2, 0) is 0 Å². The van der Waals surface area contributed by atoms with E-state index in [0.717, 1.165) is 6.54 Å². The lowest BCUT2D eigenvalue weighted by Crippen LogP contribution is -2.37. The van der Waals surface area contributed by atoms with Crippen LogP contribution in [0.4, 0.5) is 0 Å². The van der Waals surface area contributed by atoms with Crippen molar-refractivity contribution < 1.29 is 0 Å². The summed E-state index contributed by atoms with van der Waals surface area (Å²) in [6.07, 6.45) is 2.36. The van der Waals surface area contributed by atoms with Gasteiger partial charge in [0.25, 0.3) is 0 Å². The smallest absolute Gasteiger partial charge is 0.0175 e. The first-order valence-electron chi connectivity index (χ1n) is 6.71. The summed E-state index contributed by atoms with van der Waals surface area (Å²) in [5.74, 6) is 0.583. The lowest BCUT2D eigenvalue weighted by molar-refractivity contribution is 0.437. The summed E-state index contributed by atoms with van der Waals surface area (Å²) in [7, 11) is 0. The average Bonchev–Trinajstić information content (AvgIpc) is 2.50. The highest BCUT2D eigenvalue weighted by molar-refractivity contribution is 7.12. The monoisotopic (exact) mass is 265 g/mol. The number of thiophene rings is 1. The third-order valence-electron chi connectivity index (χ3n) is 2.98. The van der Waals surface area contributed by atoms with Gasteiger partial charge in [-0.15, -0.1) is 11.3 Å². The molecule has 0 spiro atoms. The Kier molecular flexibility index (Phi) is 5.18. The standard InChI is InChI=1S/C16H27NS/c1-11(2)15(10-17-16(5,6)7)9-14-8-12(3)18-13(14)4/h8-9,11,17H,10H2,1-7H3. The molecule has 0 aliphatic carbocycles. The van der Waals surface area contributed by atoms with Gasteiger partial charge in [0.2, 0.25) is 0 Å². The molecule has 1 nitrogen and oxygen atoms in total. The van der Waals surface area contributed by atoms with Crippen molar-refractivity contribution in [3.8, 4) is 0 Å². The fourth-order valence-electron chi connectivity index (χ4n) is 1.78. The van der Waals surface area contributed by atoms with Gasteiger partial charge in [0.05, 0.1) is 0 Å². The molecule has 0 bridgehead atoms. The quantitative estimate of drug-likeness (QED) is 0.825. The molecular weight excluding hydrogens is 238 g/mol. The van der Waals surface area contributed by atoms with Crippen molar-refractivity contribution in [2.75, 3.05) is 6.54 Å². The van der Waals surface area contributed by atoms with Crippen molar-refractivity contribution >= 4 is 17.4 Å². The van der Waals surface area contributed by atoms with Gasteiger partial charge in [-0.1, -0.05) is 25.5 Å². The molecule has 1 N–H and O–H groups in total. The first kappa shape index (κ1) is 15.5. The van der Waals surface area contributed by atoms with Crippen LogP contribution in [0.15, 0.2) is 11.6 Å². The Labute approximate surface area is 116 Å². The van der Waals surface area contributed by atoms with Gasteiger partial charge in [-0.3, -0.25) is 0 Å². The topological polar surface area (TPSA) is 12.0 Å². The van der Waals surface area contributed by atoms with Crippen molar-refractivity contribution in [3.63, 3.8) is 0 Å². The lowest BCUT2D eigenvalue weighted by atomic mass is 9.99. The SMILES string of the molecule is Cc1cc(C=C(CNC(C)(C)C)C(C)C)c(C)s1. The first-order valence-corrected chi connectivity index (χ1v) is 7.53. The first-order chi connectivity index (χ1) is 8.19. The van der Waals surface area contributed by atoms with E-state index in [1.807, 2.05) is 11.3 Å². The predicted molar refractivity (Wildman–Crippen MR) is 84.4 cm³/mol. The maximum atomic E-state index is 3.58. The lowest BCUT2D eigenvalue weighted by Gasteiger charge is -2.23. The van der Waals surface area contributed by atoms with E-state index in [2.05, 4.69) is 65.9 Å². The second kappa shape index (κ2) is 6.03. The van der Waals surface area contributed by atoms with Crippen LogP contribution in [0.5, 0.6) is 0 Å². The third kappa shape index (κ3) is 4.95. The van der Waals surface area contributed by atoms with Gasteiger partial charge in [-0.05, 0) is 52.2 Å². The molecule has 102 valence electrons. The molecule has 0 atom stereocenters. The Morgan fingerprint density at radius 3 is 2.33 bits per heavy atom. The second-order valence-corrected chi connectivity index (χ2v) is 7.81. The fourth-order valence-corrected chi connectivity index (χ4v) is 2.69. The Hall–Kier alpha value is -0.600. The zero-order valence-electron chi connectivity index (χ0n) is 12.8. The molecular formula is C16H27NS. The van der Waals surface area contributed by atoms with Crippen LogP contribution in [0, 0.1) is 19.8 Å². The largest absolute Gasteiger partial charge is 0.308 e. The van der Waals surface area contributed by atoms with E-state index in [-0.39, 0.29) is 5.54 Å². The van der Waals surface area contributed by atoms with E-state index in [9.17, 15) is 0 Å². The minimum atomic E-state index is 0.174. The minimum Gasteiger partial charge on any atom is -0.308 e. The maximum absolute atomic E-state index is 3.58. The van der Waals surface area contributed by atoms with Gasteiger partial charge in [0.1, 0.15) is 0 Å². The van der Waals surface area contributed by atoms with Crippen molar-refractivity contribution in [2.24, 2.45) is 5.92 Å². The van der Waals surface area contributed by atoms with Crippen molar-refractivity contribution in [3.05, 3.63) is 27.0 Å². The van der Waals surface area contributed by atoms with E-state index in [1.54, 1.807) is 0 Å². The predicted octanol–water partition coefficient (Wildman–Crippen LogP) is 4.79. The molecule has 0 fully saturated rings. The van der Waals surface area contributed by atoms with E-state index in [1.165, 1.54) is 20.9 Å². The molecule has 2 heteroatoms. The van der Waals surface area contributed by atoms with Gasteiger partial charge < -0.3 is 5.32 Å². The Balaban J connectivity index is 2.88. The molecule has 0 aliphatic heterocycles. The van der Waals surface area contributed by atoms with Crippen LogP contribution in [0.25, 0.3) is 6.08 Å². The summed E-state index contributed by atoms with van der Waals surface area (Å²) in [5.41, 5.74) is 3.04. The average molecular weight is 265 g/mol.